The van der Waals surface area contributed by atoms with E-state index in [-0.39, 0.29) is 49.6 Å². The summed E-state index contributed by atoms with van der Waals surface area (Å²) in [5.74, 6) is -0.141. The highest BCUT2D eigenvalue weighted by atomic mass is 79.9. The first kappa shape index (κ1) is 32.9. The van der Waals surface area contributed by atoms with Crippen molar-refractivity contribution in [1.82, 2.24) is 29.5 Å². The van der Waals surface area contributed by atoms with Gasteiger partial charge in [-0.15, -0.1) is 0 Å². The van der Waals surface area contributed by atoms with Crippen molar-refractivity contribution in [1.29, 1.82) is 0 Å². The van der Waals surface area contributed by atoms with Gasteiger partial charge >= 0.3 is 5.69 Å². The number of nitrogens with zero attached hydrogens (tertiary/aromatic N) is 5. The number of amides is 2. The van der Waals surface area contributed by atoms with E-state index in [2.05, 4.69) is 31.4 Å². The number of nitrogens with one attached hydrogen (secondary N) is 1. The summed E-state index contributed by atoms with van der Waals surface area (Å²) < 4.78 is 9.49. The van der Waals surface area contributed by atoms with Crippen LogP contribution in [-0.2, 0) is 19.6 Å². The Labute approximate surface area is 285 Å². The van der Waals surface area contributed by atoms with Crippen LogP contribution in [0.3, 0.4) is 0 Å². The van der Waals surface area contributed by atoms with Crippen LogP contribution >= 0.6 is 15.9 Å². The minimum Gasteiger partial charge on any atom is -0.491 e. The maximum Gasteiger partial charge on any atom is 0.333 e. The van der Waals surface area contributed by atoms with E-state index in [1.54, 1.807) is 59.0 Å². The molecule has 0 aliphatic carbocycles. The van der Waals surface area contributed by atoms with Gasteiger partial charge in [0, 0.05) is 40.9 Å². The van der Waals surface area contributed by atoms with Crippen LogP contribution in [-0.4, -0.2) is 59.9 Å². The number of rotatable bonds is 9. The average Bonchev–Trinajstić information content (AvgIpc) is 3.38. The minimum atomic E-state index is -0.645. The fourth-order valence-corrected chi connectivity index (χ4v) is 6.09. The molecule has 0 fully saturated rings. The van der Waals surface area contributed by atoms with Gasteiger partial charge in [0.05, 0.1) is 29.7 Å². The average molecular weight is 712 g/mol. The number of aliphatic hydroxyl groups excluding tert-OH is 1. The van der Waals surface area contributed by atoms with Crippen molar-refractivity contribution in [3.05, 3.63) is 128 Å². The molecule has 11 nitrogen and oxygen atoms in total. The molecule has 2 aromatic heterocycles. The lowest BCUT2D eigenvalue weighted by molar-refractivity contribution is 0.0610. The Morgan fingerprint density at radius 1 is 1.08 bits per heavy atom. The maximum atomic E-state index is 14.2. The zero-order valence-electron chi connectivity index (χ0n) is 26.8. The SMILES string of the molecule is Cc1cc(C(=O)N2Cc3c(C(=O)NCc4ccccc4-c4cccnn4)n(-c4ccc(OC[C@@H](C)O)cc4)c(=O)n3C[C@@H]2C)ccc1Br. The summed E-state index contributed by atoms with van der Waals surface area (Å²) >= 11 is 3.50. The lowest BCUT2D eigenvalue weighted by atomic mass is 10.0. The van der Waals surface area contributed by atoms with Crippen LogP contribution in [0.1, 0.15) is 51.5 Å². The van der Waals surface area contributed by atoms with E-state index in [4.69, 9.17) is 4.74 Å². The van der Waals surface area contributed by atoms with E-state index in [0.717, 1.165) is 21.2 Å². The van der Waals surface area contributed by atoms with Gasteiger partial charge in [-0.25, -0.2) is 4.79 Å². The van der Waals surface area contributed by atoms with E-state index in [9.17, 15) is 19.5 Å². The minimum absolute atomic E-state index is 0.0614. The number of ether oxygens (including phenoxy) is 1. The van der Waals surface area contributed by atoms with Crippen molar-refractivity contribution < 1.29 is 19.4 Å². The maximum absolute atomic E-state index is 14.2. The van der Waals surface area contributed by atoms with Gasteiger partial charge in [-0.05, 0) is 86.5 Å². The zero-order valence-corrected chi connectivity index (χ0v) is 28.3. The summed E-state index contributed by atoms with van der Waals surface area (Å²) in [7, 11) is 0. The molecule has 0 saturated heterocycles. The van der Waals surface area contributed by atoms with Crippen molar-refractivity contribution in [3.8, 4) is 22.7 Å². The Hall–Kier alpha value is -5.07. The van der Waals surface area contributed by atoms with Gasteiger partial charge in [0.25, 0.3) is 11.8 Å². The number of hydrogen-bond acceptors (Lipinski definition) is 7. The Bertz CT molecular complexity index is 2020. The fraction of sp³-hybridized carbons (Fsp3) is 0.250. The molecule has 0 bridgehead atoms. The van der Waals surface area contributed by atoms with Crippen LogP contribution in [0.2, 0.25) is 0 Å². The normalized spacial score (nSPS) is 14.7. The third-order valence-corrected chi connectivity index (χ3v) is 9.21. The van der Waals surface area contributed by atoms with E-state index in [1.165, 1.54) is 4.57 Å². The Kier molecular flexibility index (Phi) is 9.56. The molecular formula is C36H35BrN6O5. The van der Waals surface area contributed by atoms with Crippen molar-refractivity contribution >= 4 is 27.7 Å². The first-order valence-electron chi connectivity index (χ1n) is 15.6. The second-order valence-corrected chi connectivity index (χ2v) is 12.7. The summed E-state index contributed by atoms with van der Waals surface area (Å²) in [6, 6.07) is 23.1. The van der Waals surface area contributed by atoms with Gasteiger partial charge in [0.2, 0.25) is 0 Å². The molecular weight excluding hydrogens is 676 g/mol. The molecule has 1 aliphatic heterocycles. The van der Waals surface area contributed by atoms with Crippen LogP contribution in [0.5, 0.6) is 5.75 Å². The first-order chi connectivity index (χ1) is 23.1. The molecule has 0 spiro atoms. The summed E-state index contributed by atoms with van der Waals surface area (Å²) in [4.78, 5) is 43.8. The first-order valence-corrected chi connectivity index (χ1v) is 16.4. The topological polar surface area (TPSA) is 132 Å². The highest BCUT2D eigenvalue weighted by molar-refractivity contribution is 9.10. The molecule has 0 radical (unpaired) electrons. The monoisotopic (exact) mass is 710 g/mol. The van der Waals surface area contributed by atoms with Crippen molar-refractivity contribution in [2.75, 3.05) is 6.61 Å². The summed E-state index contributed by atoms with van der Waals surface area (Å²) in [5.41, 5.74) is 4.44. The number of carbonyl (C=O) groups is 2. The number of halogens is 1. The highest BCUT2D eigenvalue weighted by Gasteiger charge is 2.35. The molecule has 2 N–H and O–H groups in total. The molecule has 3 aromatic carbocycles. The molecule has 0 saturated carbocycles. The van der Waals surface area contributed by atoms with Gasteiger partial charge in [-0.2, -0.15) is 10.2 Å². The molecule has 1 aliphatic rings. The van der Waals surface area contributed by atoms with E-state index in [1.807, 2.05) is 56.3 Å². The number of aromatic nitrogens is 4. The van der Waals surface area contributed by atoms with E-state index < -0.39 is 12.0 Å². The molecule has 2 atom stereocenters. The van der Waals surface area contributed by atoms with Crippen LogP contribution < -0.4 is 15.7 Å². The van der Waals surface area contributed by atoms with Crippen LogP contribution in [0.4, 0.5) is 0 Å². The number of imidazole rings is 1. The van der Waals surface area contributed by atoms with Crippen molar-refractivity contribution in [2.24, 2.45) is 0 Å². The molecule has 2 amide bonds. The van der Waals surface area contributed by atoms with E-state index >= 15 is 0 Å². The number of benzene rings is 3. The van der Waals surface area contributed by atoms with Gasteiger partial charge in [0.1, 0.15) is 18.1 Å². The van der Waals surface area contributed by atoms with Crippen molar-refractivity contribution in [2.45, 2.75) is 52.6 Å². The zero-order chi connectivity index (χ0) is 33.9. The Morgan fingerprint density at radius 2 is 1.85 bits per heavy atom. The van der Waals surface area contributed by atoms with Gasteiger partial charge < -0.3 is 20.1 Å². The molecule has 5 aromatic rings. The molecule has 6 rings (SSSR count). The Morgan fingerprint density at radius 3 is 2.56 bits per heavy atom. The second-order valence-electron chi connectivity index (χ2n) is 11.9. The van der Waals surface area contributed by atoms with Gasteiger partial charge in [-0.1, -0.05) is 40.2 Å². The molecule has 48 heavy (non-hydrogen) atoms. The number of carbonyl (C=O) groups excluding carboxylic acids is 2. The van der Waals surface area contributed by atoms with Gasteiger partial charge in [0.15, 0.2) is 0 Å². The number of aryl methyl sites for hydroxylation is 1. The number of aliphatic hydroxyl groups is 1. The summed E-state index contributed by atoms with van der Waals surface area (Å²) in [5, 5.41) is 20.9. The van der Waals surface area contributed by atoms with E-state index in [0.29, 0.717) is 28.4 Å². The van der Waals surface area contributed by atoms with Gasteiger partial charge in [-0.3, -0.25) is 18.7 Å². The van der Waals surface area contributed by atoms with Crippen LogP contribution in [0.25, 0.3) is 16.9 Å². The summed E-state index contributed by atoms with van der Waals surface area (Å²) in [6.07, 6.45) is 0.955. The predicted molar refractivity (Wildman–Crippen MR) is 184 cm³/mol. The standard InChI is InChI=1S/C36H35BrN6O5/c1-22-17-25(10-15-30(22)37)35(46)41-20-32-33(34(45)38-18-26-7-4-5-8-29(26)31-9-6-16-39-40-31)43(36(47)42(32)19-23(41)2)27-11-13-28(14-12-27)48-21-24(3)44/h4-17,23-24,44H,18-21H2,1-3H3,(H,38,45)/t23-,24+/m0/s1. The quantitative estimate of drug-likeness (QED) is 0.223. The smallest absolute Gasteiger partial charge is 0.333 e. The van der Waals surface area contributed by atoms with Crippen LogP contribution in [0, 0.1) is 6.92 Å². The molecule has 12 heteroatoms. The van der Waals surface area contributed by atoms with Crippen LogP contribution in [0.15, 0.2) is 94.3 Å². The molecule has 3 heterocycles. The third-order valence-electron chi connectivity index (χ3n) is 8.32. The lowest BCUT2D eigenvalue weighted by Gasteiger charge is -2.34. The largest absolute Gasteiger partial charge is 0.491 e. The molecule has 246 valence electrons. The lowest BCUT2D eigenvalue weighted by Crippen LogP contribution is -2.47. The number of fused-ring (bicyclic) bond motifs is 1. The highest BCUT2D eigenvalue weighted by Crippen LogP contribution is 2.27. The number of hydrogen-bond donors (Lipinski definition) is 2. The third kappa shape index (κ3) is 6.67. The molecule has 0 unspecified atom stereocenters. The summed E-state index contributed by atoms with van der Waals surface area (Å²) in [6.45, 7) is 6.00. The fourth-order valence-electron chi connectivity index (χ4n) is 5.84. The predicted octanol–water partition coefficient (Wildman–Crippen LogP) is 4.90. The Balaban J connectivity index is 1.38. The second kappa shape index (κ2) is 14.0. The van der Waals surface area contributed by atoms with Crippen molar-refractivity contribution in [3.63, 3.8) is 0 Å².